The second-order valence-corrected chi connectivity index (χ2v) is 8.08. The number of nitrogens with one attached hydrogen (secondary N) is 3. The molecule has 0 radical (unpaired) electrons. The predicted molar refractivity (Wildman–Crippen MR) is 110 cm³/mol. The lowest BCUT2D eigenvalue weighted by atomic mass is 9.99. The SMILES string of the molecule is Cl.O=C(NC1CC2CCC(C1)N2)c1ccc(CNC(=O)c2cccs2)cc1. The number of benzene rings is 1. The average Bonchev–Trinajstić information content (AvgIpc) is 3.30. The summed E-state index contributed by atoms with van der Waals surface area (Å²) in [5.41, 5.74) is 1.65. The van der Waals surface area contributed by atoms with Crippen molar-refractivity contribution in [3.05, 3.63) is 57.8 Å². The Morgan fingerprint density at radius 2 is 1.74 bits per heavy atom. The van der Waals surface area contributed by atoms with Crippen molar-refractivity contribution in [2.24, 2.45) is 0 Å². The van der Waals surface area contributed by atoms with Crippen LogP contribution in [0.25, 0.3) is 0 Å². The van der Waals surface area contributed by atoms with E-state index >= 15 is 0 Å². The molecule has 27 heavy (non-hydrogen) atoms. The molecule has 1 aromatic heterocycles. The number of hydrogen-bond acceptors (Lipinski definition) is 4. The van der Waals surface area contributed by atoms with Crippen molar-refractivity contribution < 1.29 is 9.59 Å². The van der Waals surface area contributed by atoms with Crippen LogP contribution in [0.5, 0.6) is 0 Å². The molecule has 5 nitrogen and oxygen atoms in total. The summed E-state index contributed by atoms with van der Waals surface area (Å²) in [5.74, 6) is -0.0761. The Hall–Kier alpha value is -1.89. The molecule has 0 spiro atoms. The fourth-order valence-electron chi connectivity index (χ4n) is 3.90. The molecule has 144 valence electrons. The highest BCUT2D eigenvalue weighted by molar-refractivity contribution is 7.12. The zero-order valence-electron chi connectivity index (χ0n) is 14.9. The minimum Gasteiger partial charge on any atom is -0.349 e. The Morgan fingerprint density at radius 3 is 2.37 bits per heavy atom. The van der Waals surface area contributed by atoms with E-state index in [-0.39, 0.29) is 30.3 Å². The van der Waals surface area contributed by atoms with Gasteiger partial charge in [-0.1, -0.05) is 18.2 Å². The predicted octanol–water partition coefficient (Wildman–Crippen LogP) is 3.11. The van der Waals surface area contributed by atoms with Gasteiger partial charge in [0.25, 0.3) is 11.8 Å². The first-order valence-electron chi connectivity index (χ1n) is 9.15. The summed E-state index contributed by atoms with van der Waals surface area (Å²) in [7, 11) is 0. The third-order valence-corrected chi connectivity index (χ3v) is 6.09. The molecule has 2 aliphatic rings. The monoisotopic (exact) mass is 405 g/mol. The van der Waals surface area contributed by atoms with Gasteiger partial charge in [0.05, 0.1) is 4.88 Å². The van der Waals surface area contributed by atoms with E-state index in [0.29, 0.717) is 29.1 Å². The third-order valence-electron chi connectivity index (χ3n) is 5.22. The quantitative estimate of drug-likeness (QED) is 0.715. The molecule has 4 rings (SSSR count). The molecule has 2 bridgehead atoms. The Labute approximate surface area is 169 Å². The van der Waals surface area contributed by atoms with Crippen molar-refractivity contribution >= 4 is 35.6 Å². The van der Waals surface area contributed by atoms with Gasteiger partial charge < -0.3 is 16.0 Å². The topological polar surface area (TPSA) is 70.2 Å². The van der Waals surface area contributed by atoms with E-state index in [1.165, 1.54) is 24.2 Å². The van der Waals surface area contributed by atoms with Crippen molar-refractivity contribution in [2.75, 3.05) is 0 Å². The number of halogens is 1. The van der Waals surface area contributed by atoms with Gasteiger partial charge in [0.2, 0.25) is 0 Å². The maximum atomic E-state index is 12.5. The first-order valence-corrected chi connectivity index (χ1v) is 10.0. The van der Waals surface area contributed by atoms with Gasteiger partial charge in [-0.05, 0) is 54.8 Å². The van der Waals surface area contributed by atoms with Gasteiger partial charge in [-0.2, -0.15) is 0 Å². The van der Waals surface area contributed by atoms with E-state index in [4.69, 9.17) is 0 Å². The lowest BCUT2D eigenvalue weighted by Crippen LogP contribution is -2.48. The van der Waals surface area contributed by atoms with E-state index in [1.54, 1.807) is 6.07 Å². The van der Waals surface area contributed by atoms with E-state index in [9.17, 15) is 9.59 Å². The lowest BCUT2D eigenvalue weighted by Gasteiger charge is -2.29. The van der Waals surface area contributed by atoms with Crippen LogP contribution in [0.3, 0.4) is 0 Å². The molecule has 0 saturated carbocycles. The average molecular weight is 406 g/mol. The number of fused-ring (bicyclic) bond motifs is 2. The molecule has 2 fully saturated rings. The van der Waals surface area contributed by atoms with Crippen LogP contribution in [0.4, 0.5) is 0 Å². The standard InChI is InChI=1S/C20H23N3O2S.ClH/c24-19(23-17-10-15-7-8-16(11-17)22-15)14-5-3-13(4-6-14)12-21-20(25)18-2-1-9-26-18;/h1-6,9,15-17,22H,7-8,10-12H2,(H,21,25)(H,23,24);1H. The van der Waals surface area contributed by atoms with Gasteiger partial charge in [-0.25, -0.2) is 0 Å². The maximum absolute atomic E-state index is 12.5. The summed E-state index contributed by atoms with van der Waals surface area (Å²) < 4.78 is 0. The van der Waals surface area contributed by atoms with Crippen LogP contribution in [0, 0.1) is 0 Å². The highest BCUT2D eigenvalue weighted by atomic mass is 35.5. The van der Waals surface area contributed by atoms with Crippen LogP contribution < -0.4 is 16.0 Å². The molecule has 0 aliphatic carbocycles. The molecule has 3 heterocycles. The van der Waals surface area contributed by atoms with Crippen molar-refractivity contribution in [1.29, 1.82) is 0 Å². The lowest BCUT2D eigenvalue weighted by molar-refractivity contribution is 0.0921. The second-order valence-electron chi connectivity index (χ2n) is 7.14. The van der Waals surface area contributed by atoms with Gasteiger partial charge in [0.1, 0.15) is 0 Å². The molecule has 2 saturated heterocycles. The van der Waals surface area contributed by atoms with Gasteiger partial charge in [0, 0.05) is 30.2 Å². The number of carbonyl (C=O) groups excluding carboxylic acids is 2. The Morgan fingerprint density at radius 1 is 1.04 bits per heavy atom. The largest absolute Gasteiger partial charge is 0.349 e. The molecule has 3 N–H and O–H groups in total. The highest BCUT2D eigenvalue weighted by Gasteiger charge is 2.34. The first kappa shape index (κ1) is 19.9. The van der Waals surface area contributed by atoms with Crippen LogP contribution in [-0.4, -0.2) is 29.9 Å². The second kappa shape index (κ2) is 8.87. The fourth-order valence-corrected chi connectivity index (χ4v) is 4.54. The van der Waals surface area contributed by atoms with Crippen LogP contribution in [0.1, 0.15) is 51.3 Å². The van der Waals surface area contributed by atoms with Crippen molar-refractivity contribution in [3.8, 4) is 0 Å². The van der Waals surface area contributed by atoms with Crippen LogP contribution in [-0.2, 0) is 6.54 Å². The van der Waals surface area contributed by atoms with Crippen molar-refractivity contribution in [3.63, 3.8) is 0 Å². The van der Waals surface area contributed by atoms with Crippen molar-refractivity contribution in [2.45, 2.75) is 50.4 Å². The van der Waals surface area contributed by atoms with Crippen LogP contribution in [0.2, 0.25) is 0 Å². The molecule has 1 aromatic carbocycles. The third kappa shape index (κ3) is 4.89. The fraction of sp³-hybridized carbons (Fsp3) is 0.400. The molecular weight excluding hydrogens is 382 g/mol. The summed E-state index contributed by atoms with van der Waals surface area (Å²) in [6.07, 6.45) is 4.50. The smallest absolute Gasteiger partial charge is 0.261 e. The van der Waals surface area contributed by atoms with Gasteiger partial charge in [0.15, 0.2) is 0 Å². The maximum Gasteiger partial charge on any atom is 0.261 e. The van der Waals surface area contributed by atoms with E-state index < -0.39 is 0 Å². The van der Waals surface area contributed by atoms with Crippen molar-refractivity contribution in [1.82, 2.24) is 16.0 Å². The number of amides is 2. The Kier molecular flexibility index (Phi) is 6.52. The Bertz CT molecular complexity index is 767. The molecular formula is C20H24ClN3O2S. The van der Waals surface area contributed by atoms with E-state index in [2.05, 4.69) is 16.0 Å². The number of hydrogen-bond donors (Lipinski definition) is 3. The van der Waals surface area contributed by atoms with E-state index in [0.717, 1.165) is 18.4 Å². The molecule has 2 aromatic rings. The molecule has 7 heteroatoms. The summed E-state index contributed by atoms with van der Waals surface area (Å²) >= 11 is 1.42. The molecule has 2 aliphatic heterocycles. The van der Waals surface area contributed by atoms with Crippen LogP contribution >= 0.6 is 23.7 Å². The first-order chi connectivity index (χ1) is 12.7. The number of thiophene rings is 1. The van der Waals surface area contributed by atoms with Gasteiger partial charge in [-0.3, -0.25) is 9.59 Å². The van der Waals surface area contributed by atoms with Gasteiger partial charge >= 0.3 is 0 Å². The zero-order valence-corrected chi connectivity index (χ0v) is 16.6. The number of rotatable bonds is 5. The van der Waals surface area contributed by atoms with Crippen LogP contribution in [0.15, 0.2) is 41.8 Å². The van der Waals surface area contributed by atoms with Gasteiger partial charge in [-0.15, -0.1) is 23.7 Å². The molecule has 2 unspecified atom stereocenters. The highest BCUT2D eigenvalue weighted by Crippen LogP contribution is 2.26. The summed E-state index contributed by atoms with van der Waals surface area (Å²) in [6, 6.07) is 12.5. The van der Waals surface area contributed by atoms with E-state index in [1.807, 2.05) is 35.7 Å². The number of carbonyl (C=O) groups is 2. The summed E-state index contributed by atoms with van der Waals surface area (Å²) in [4.78, 5) is 25.1. The minimum atomic E-state index is -0.0673. The Balaban J connectivity index is 0.00000210. The molecule has 2 amide bonds. The minimum absolute atomic E-state index is 0. The summed E-state index contributed by atoms with van der Waals surface area (Å²) in [5, 5.41) is 11.5. The molecule has 2 atom stereocenters. The number of piperidine rings is 1. The summed E-state index contributed by atoms with van der Waals surface area (Å²) in [6.45, 7) is 0.455. The zero-order chi connectivity index (χ0) is 17.9. The normalized spacial score (nSPS) is 23.3.